The van der Waals surface area contributed by atoms with Crippen molar-refractivity contribution in [1.82, 2.24) is 20.1 Å². The Morgan fingerprint density at radius 3 is 3.00 bits per heavy atom. The van der Waals surface area contributed by atoms with Crippen LogP contribution in [-0.4, -0.2) is 33.0 Å². The minimum Gasteiger partial charge on any atom is -0.335 e. The highest BCUT2D eigenvalue weighted by Crippen LogP contribution is 2.07. The first-order chi connectivity index (χ1) is 10.1. The van der Waals surface area contributed by atoms with Gasteiger partial charge in [0.2, 0.25) is 5.91 Å². The zero-order chi connectivity index (χ0) is 15.2. The number of aryl methyl sites for hydroxylation is 1. The molecule has 0 spiro atoms. The van der Waals surface area contributed by atoms with Crippen molar-refractivity contribution in [1.29, 1.82) is 5.26 Å². The first kappa shape index (κ1) is 14.5. The molecule has 1 aromatic heterocycles. The van der Waals surface area contributed by atoms with Crippen molar-refractivity contribution >= 4 is 12.0 Å². The second-order valence-electron chi connectivity index (χ2n) is 4.60. The number of carbonyl (C=O) groups excluding carboxylic acids is 1. The lowest BCUT2D eigenvalue weighted by Crippen LogP contribution is -2.24. The molecule has 1 aromatic carbocycles. The van der Waals surface area contributed by atoms with Crippen LogP contribution in [0.3, 0.4) is 0 Å². The highest BCUT2D eigenvalue weighted by atomic mass is 16.2. The van der Waals surface area contributed by atoms with E-state index in [0.717, 1.165) is 11.4 Å². The van der Waals surface area contributed by atoms with Crippen LogP contribution < -0.4 is 0 Å². The molecule has 0 saturated heterocycles. The average Bonchev–Trinajstić information content (AvgIpc) is 2.90. The molecule has 0 bridgehead atoms. The quantitative estimate of drug-likeness (QED) is 0.863. The van der Waals surface area contributed by atoms with Gasteiger partial charge in [0.1, 0.15) is 5.82 Å². The summed E-state index contributed by atoms with van der Waals surface area (Å²) in [6.07, 6.45) is 3.15. The van der Waals surface area contributed by atoms with Crippen molar-refractivity contribution in [3.63, 3.8) is 0 Å². The number of aromatic amines is 1. The minimum atomic E-state index is -0.153. The van der Waals surface area contributed by atoms with Crippen molar-refractivity contribution in [3.05, 3.63) is 53.1 Å². The van der Waals surface area contributed by atoms with Crippen molar-refractivity contribution in [3.8, 4) is 6.07 Å². The van der Waals surface area contributed by atoms with Crippen LogP contribution in [0.2, 0.25) is 0 Å². The number of hydrogen-bond acceptors (Lipinski definition) is 4. The first-order valence-electron chi connectivity index (χ1n) is 6.39. The summed E-state index contributed by atoms with van der Waals surface area (Å²) in [5, 5.41) is 15.6. The summed E-state index contributed by atoms with van der Waals surface area (Å²) in [6, 6.07) is 9.12. The zero-order valence-corrected chi connectivity index (χ0v) is 11.9. The Kier molecular flexibility index (Phi) is 4.46. The number of likely N-dealkylation sites (N-methyl/N-ethyl adjacent to an activating group) is 1. The maximum Gasteiger partial charge on any atom is 0.246 e. The summed E-state index contributed by atoms with van der Waals surface area (Å²) in [5.74, 6) is 1.14. The smallest absolute Gasteiger partial charge is 0.246 e. The number of nitrogens with one attached hydrogen (secondary N) is 1. The van der Waals surface area contributed by atoms with Gasteiger partial charge in [0.25, 0.3) is 0 Å². The molecular formula is C15H15N5O. The van der Waals surface area contributed by atoms with Crippen molar-refractivity contribution in [2.75, 3.05) is 7.05 Å². The summed E-state index contributed by atoms with van der Waals surface area (Å²) in [4.78, 5) is 17.7. The van der Waals surface area contributed by atoms with Crippen LogP contribution >= 0.6 is 0 Å². The lowest BCUT2D eigenvalue weighted by Gasteiger charge is -2.12. The van der Waals surface area contributed by atoms with Gasteiger partial charge in [-0.15, -0.1) is 0 Å². The highest BCUT2D eigenvalue weighted by molar-refractivity contribution is 5.91. The largest absolute Gasteiger partial charge is 0.335 e. The summed E-state index contributed by atoms with van der Waals surface area (Å²) < 4.78 is 0. The van der Waals surface area contributed by atoms with Crippen LogP contribution in [0, 0.1) is 18.3 Å². The highest BCUT2D eigenvalue weighted by Gasteiger charge is 2.08. The zero-order valence-electron chi connectivity index (χ0n) is 11.9. The second-order valence-corrected chi connectivity index (χ2v) is 4.60. The van der Waals surface area contributed by atoms with E-state index >= 15 is 0 Å². The van der Waals surface area contributed by atoms with Crippen LogP contribution in [0.1, 0.15) is 22.8 Å². The van der Waals surface area contributed by atoms with E-state index in [2.05, 4.69) is 21.3 Å². The number of hydrogen-bond donors (Lipinski definition) is 1. The Morgan fingerprint density at radius 1 is 1.52 bits per heavy atom. The molecule has 0 atom stereocenters. The molecule has 2 rings (SSSR count). The molecule has 1 N–H and O–H groups in total. The third-order valence-electron chi connectivity index (χ3n) is 2.83. The molecule has 6 nitrogen and oxygen atoms in total. The summed E-state index contributed by atoms with van der Waals surface area (Å²) in [6.45, 7) is 2.14. The fourth-order valence-corrected chi connectivity index (χ4v) is 1.76. The Bertz CT molecular complexity index is 711. The normalized spacial score (nSPS) is 10.5. The molecule has 0 unspecified atom stereocenters. The number of nitriles is 1. The second kappa shape index (κ2) is 6.48. The molecule has 0 aliphatic heterocycles. The van der Waals surface area contributed by atoms with Crippen LogP contribution in [0.5, 0.6) is 0 Å². The fourth-order valence-electron chi connectivity index (χ4n) is 1.76. The molecule has 1 heterocycles. The van der Waals surface area contributed by atoms with Gasteiger partial charge in [-0.3, -0.25) is 9.89 Å². The van der Waals surface area contributed by atoms with Crippen molar-refractivity contribution in [2.24, 2.45) is 0 Å². The van der Waals surface area contributed by atoms with Gasteiger partial charge in [0, 0.05) is 13.1 Å². The first-order valence-corrected chi connectivity index (χ1v) is 6.39. The molecule has 0 saturated carbocycles. The molecule has 0 radical (unpaired) electrons. The maximum atomic E-state index is 12.0. The Labute approximate surface area is 122 Å². The van der Waals surface area contributed by atoms with E-state index in [1.54, 1.807) is 38.2 Å². The lowest BCUT2D eigenvalue weighted by atomic mass is 10.1. The van der Waals surface area contributed by atoms with E-state index in [9.17, 15) is 4.79 Å². The van der Waals surface area contributed by atoms with Crippen LogP contribution in [0.25, 0.3) is 6.08 Å². The van der Waals surface area contributed by atoms with Gasteiger partial charge in [-0.05, 0) is 30.7 Å². The number of amides is 1. The molecule has 106 valence electrons. The SMILES string of the molecule is Cc1nc(CN(C)C(=O)C=Cc2cccc(C#N)c2)n[nH]1. The molecular weight excluding hydrogens is 266 g/mol. The van der Waals surface area contributed by atoms with E-state index in [1.807, 2.05) is 6.07 Å². The Hall–Kier alpha value is -2.94. The molecule has 0 aliphatic rings. The maximum absolute atomic E-state index is 12.0. The van der Waals surface area contributed by atoms with E-state index in [0.29, 0.717) is 17.9 Å². The molecule has 0 fully saturated rings. The number of aromatic nitrogens is 3. The predicted molar refractivity (Wildman–Crippen MR) is 77.8 cm³/mol. The number of rotatable bonds is 4. The number of benzene rings is 1. The predicted octanol–water partition coefficient (Wildman–Crippen LogP) is 1.66. The van der Waals surface area contributed by atoms with Gasteiger partial charge < -0.3 is 4.90 Å². The molecule has 6 heteroatoms. The third-order valence-corrected chi connectivity index (χ3v) is 2.83. The van der Waals surface area contributed by atoms with Gasteiger partial charge in [0.15, 0.2) is 5.82 Å². The van der Waals surface area contributed by atoms with E-state index < -0.39 is 0 Å². The van der Waals surface area contributed by atoms with E-state index in [-0.39, 0.29) is 5.91 Å². The number of carbonyl (C=O) groups is 1. The summed E-state index contributed by atoms with van der Waals surface area (Å²) in [5.41, 5.74) is 1.37. The van der Waals surface area contributed by atoms with Crippen LogP contribution in [0.4, 0.5) is 0 Å². The minimum absolute atomic E-state index is 0.153. The van der Waals surface area contributed by atoms with Gasteiger partial charge in [-0.25, -0.2) is 4.98 Å². The van der Waals surface area contributed by atoms with Crippen molar-refractivity contribution < 1.29 is 4.79 Å². The summed E-state index contributed by atoms with van der Waals surface area (Å²) in [7, 11) is 1.68. The van der Waals surface area contributed by atoms with Gasteiger partial charge in [-0.2, -0.15) is 10.4 Å². The molecule has 0 aliphatic carbocycles. The molecule has 2 aromatic rings. The van der Waals surface area contributed by atoms with Crippen LogP contribution in [0.15, 0.2) is 30.3 Å². The third kappa shape index (κ3) is 4.01. The number of nitrogens with zero attached hydrogens (tertiary/aromatic N) is 4. The number of H-pyrrole nitrogens is 1. The average molecular weight is 281 g/mol. The van der Waals surface area contributed by atoms with Gasteiger partial charge >= 0.3 is 0 Å². The molecule has 21 heavy (non-hydrogen) atoms. The van der Waals surface area contributed by atoms with E-state index in [4.69, 9.17) is 5.26 Å². The van der Waals surface area contributed by atoms with Gasteiger partial charge in [0.05, 0.1) is 18.2 Å². The lowest BCUT2D eigenvalue weighted by molar-refractivity contribution is -0.125. The van der Waals surface area contributed by atoms with Crippen molar-refractivity contribution in [2.45, 2.75) is 13.5 Å². The Morgan fingerprint density at radius 2 is 2.33 bits per heavy atom. The fraction of sp³-hybridized carbons (Fsp3) is 0.200. The standard InChI is InChI=1S/C15H15N5O/c1-11-17-14(19-18-11)10-20(2)15(21)7-6-12-4-3-5-13(8-12)9-16/h3-8H,10H2,1-2H3,(H,17,18,19). The van der Waals surface area contributed by atoms with E-state index in [1.165, 1.54) is 11.0 Å². The Balaban J connectivity index is 1.99. The topological polar surface area (TPSA) is 85.7 Å². The van der Waals surface area contributed by atoms with Crippen LogP contribution in [-0.2, 0) is 11.3 Å². The summed E-state index contributed by atoms with van der Waals surface area (Å²) >= 11 is 0. The molecule has 1 amide bonds. The monoisotopic (exact) mass is 281 g/mol. The van der Waals surface area contributed by atoms with Gasteiger partial charge in [-0.1, -0.05) is 12.1 Å².